The molecule has 118 valence electrons. The van der Waals surface area contributed by atoms with Crippen LogP contribution in [0.2, 0.25) is 0 Å². The van der Waals surface area contributed by atoms with Crippen molar-refractivity contribution in [1.29, 1.82) is 0 Å². The maximum atomic E-state index is 5.39. The van der Waals surface area contributed by atoms with Crippen molar-refractivity contribution in [3.05, 3.63) is 53.6 Å². The van der Waals surface area contributed by atoms with Crippen molar-refractivity contribution < 1.29 is 4.74 Å². The normalized spacial score (nSPS) is 10.8. The van der Waals surface area contributed by atoms with Crippen LogP contribution in [0.3, 0.4) is 0 Å². The molecule has 0 aliphatic heterocycles. The second-order valence-corrected chi connectivity index (χ2v) is 6.33. The largest absolute Gasteiger partial charge is 0.497 e. The Hall–Kier alpha value is -1.96. The van der Waals surface area contributed by atoms with E-state index in [4.69, 9.17) is 4.74 Å². The Kier molecular flexibility index (Phi) is 5.48. The number of nitrogens with zero attached hydrogens (tertiary/aromatic N) is 1. The van der Waals surface area contributed by atoms with Crippen LogP contribution in [-0.2, 0) is 0 Å². The lowest BCUT2D eigenvalue weighted by Gasteiger charge is -2.28. The minimum Gasteiger partial charge on any atom is -0.497 e. The van der Waals surface area contributed by atoms with Crippen LogP contribution in [0.5, 0.6) is 5.75 Å². The first kappa shape index (κ1) is 16.4. The van der Waals surface area contributed by atoms with Crippen LogP contribution in [0.1, 0.15) is 31.4 Å². The summed E-state index contributed by atoms with van der Waals surface area (Å²) >= 11 is 0. The topological polar surface area (TPSA) is 12.5 Å². The molecule has 2 aromatic rings. The molecule has 0 bridgehead atoms. The van der Waals surface area contributed by atoms with Gasteiger partial charge in [0.2, 0.25) is 0 Å². The number of hydrogen-bond acceptors (Lipinski definition) is 2. The molecule has 0 heterocycles. The monoisotopic (exact) mass is 297 g/mol. The average Bonchev–Trinajstić information content (AvgIpc) is 2.49. The van der Waals surface area contributed by atoms with Gasteiger partial charge in [-0.2, -0.15) is 0 Å². The van der Waals surface area contributed by atoms with Gasteiger partial charge in [0, 0.05) is 24.0 Å². The lowest BCUT2D eigenvalue weighted by Crippen LogP contribution is -2.20. The Bertz CT molecular complexity index is 619. The summed E-state index contributed by atoms with van der Waals surface area (Å²) in [5, 5.41) is 0. The predicted molar refractivity (Wildman–Crippen MR) is 95.4 cm³/mol. The van der Waals surface area contributed by atoms with Crippen LogP contribution in [0.25, 0.3) is 0 Å². The number of aryl methyl sites for hydroxylation is 2. The highest BCUT2D eigenvalue weighted by Crippen LogP contribution is 2.31. The molecule has 0 N–H and O–H groups in total. The van der Waals surface area contributed by atoms with Gasteiger partial charge in [0.1, 0.15) is 5.75 Å². The van der Waals surface area contributed by atoms with E-state index >= 15 is 0 Å². The minimum absolute atomic E-state index is 0.680. The highest BCUT2D eigenvalue weighted by molar-refractivity contribution is 5.67. The van der Waals surface area contributed by atoms with Gasteiger partial charge in [0.25, 0.3) is 0 Å². The van der Waals surface area contributed by atoms with E-state index in [9.17, 15) is 0 Å². The summed E-state index contributed by atoms with van der Waals surface area (Å²) < 4.78 is 5.39. The Balaban J connectivity index is 2.40. The van der Waals surface area contributed by atoms with E-state index in [1.165, 1.54) is 22.5 Å². The zero-order chi connectivity index (χ0) is 16.1. The first-order valence-electron chi connectivity index (χ1n) is 8.00. The van der Waals surface area contributed by atoms with Gasteiger partial charge in [-0.3, -0.25) is 0 Å². The summed E-state index contributed by atoms with van der Waals surface area (Å²) in [7, 11) is 1.72. The van der Waals surface area contributed by atoms with Crippen molar-refractivity contribution >= 4 is 11.4 Å². The van der Waals surface area contributed by atoms with Crippen molar-refractivity contribution in [2.75, 3.05) is 18.6 Å². The SMILES string of the molecule is COc1cccc(N(CCC(C)C)c2ccc(C)cc2C)c1. The number of methoxy groups -OCH3 is 1. The highest BCUT2D eigenvalue weighted by Gasteiger charge is 2.13. The summed E-state index contributed by atoms with van der Waals surface area (Å²) in [5.74, 6) is 1.58. The highest BCUT2D eigenvalue weighted by atomic mass is 16.5. The molecule has 0 fully saturated rings. The van der Waals surface area contributed by atoms with Gasteiger partial charge in [-0.25, -0.2) is 0 Å². The van der Waals surface area contributed by atoms with Gasteiger partial charge in [0.05, 0.1) is 7.11 Å². The number of rotatable bonds is 6. The van der Waals surface area contributed by atoms with Crippen molar-refractivity contribution in [2.24, 2.45) is 5.92 Å². The Morgan fingerprint density at radius 2 is 1.82 bits per heavy atom. The number of hydrogen-bond donors (Lipinski definition) is 0. The van der Waals surface area contributed by atoms with Gasteiger partial charge in [-0.1, -0.05) is 37.6 Å². The van der Waals surface area contributed by atoms with Gasteiger partial charge >= 0.3 is 0 Å². The fraction of sp³-hybridized carbons (Fsp3) is 0.400. The van der Waals surface area contributed by atoms with E-state index in [1.807, 2.05) is 6.07 Å². The van der Waals surface area contributed by atoms with Crippen molar-refractivity contribution in [1.82, 2.24) is 0 Å². The predicted octanol–water partition coefficient (Wildman–Crippen LogP) is 5.50. The van der Waals surface area contributed by atoms with Gasteiger partial charge in [-0.05, 0) is 49.9 Å². The molecule has 2 nitrogen and oxygen atoms in total. The van der Waals surface area contributed by atoms with Crippen LogP contribution in [-0.4, -0.2) is 13.7 Å². The molecule has 2 heteroatoms. The fourth-order valence-corrected chi connectivity index (χ4v) is 2.66. The molecule has 0 saturated heterocycles. The molecule has 0 saturated carbocycles. The second kappa shape index (κ2) is 7.35. The summed E-state index contributed by atoms with van der Waals surface area (Å²) in [4.78, 5) is 2.40. The maximum Gasteiger partial charge on any atom is 0.120 e. The quantitative estimate of drug-likeness (QED) is 0.698. The molecule has 0 spiro atoms. The molecule has 0 unspecified atom stereocenters. The molecular weight excluding hydrogens is 270 g/mol. The van der Waals surface area contributed by atoms with Gasteiger partial charge in [-0.15, -0.1) is 0 Å². The van der Waals surface area contributed by atoms with E-state index in [2.05, 4.69) is 69.0 Å². The number of ether oxygens (including phenoxy) is 1. The van der Waals surface area contributed by atoms with Crippen LogP contribution in [0, 0.1) is 19.8 Å². The third-order valence-electron chi connectivity index (χ3n) is 3.94. The first-order chi connectivity index (χ1) is 10.5. The molecule has 0 aromatic heterocycles. The molecular formula is C20H27NO. The molecule has 0 amide bonds. The summed E-state index contributed by atoms with van der Waals surface area (Å²) in [5.41, 5.74) is 5.08. The molecule has 2 rings (SSSR count). The maximum absolute atomic E-state index is 5.39. The van der Waals surface area contributed by atoms with E-state index < -0.39 is 0 Å². The summed E-state index contributed by atoms with van der Waals surface area (Å²) in [6.45, 7) is 9.87. The standard InChI is InChI=1S/C20H27NO/c1-15(2)11-12-21(18-7-6-8-19(14-18)22-5)20-10-9-16(3)13-17(20)4/h6-10,13-15H,11-12H2,1-5H3. The molecule has 22 heavy (non-hydrogen) atoms. The zero-order valence-corrected chi connectivity index (χ0v) is 14.4. The average molecular weight is 297 g/mol. The lowest BCUT2D eigenvalue weighted by molar-refractivity contribution is 0.415. The number of benzene rings is 2. The molecule has 0 atom stereocenters. The molecule has 0 radical (unpaired) electrons. The van der Waals surface area contributed by atoms with Crippen LogP contribution in [0.4, 0.5) is 11.4 Å². The third-order valence-corrected chi connectivity index (χ3v) is 3.94. The van der Waals surface area contributed by atoms with Crippen molar-refractivity contribution in [2.45, 2.75) is 34.1 Å². The zero-order valence-electron chi connectivity index (χ0n) is 14.4. The van der Waals surface area contributed by atoms with E-state index in [1.54, 1.807) is 7.11 Å². The summed E-state index contributed by atoms with van der Waals surface area (Å²) in [6, 6.07) is 15.0. The molecule has 0 aliphatic rings. The lowest BCUT2D eigenvalue weighted by atomic mass is 10.1. The first-order valence-corrected chi connectivity index (χ1v) is 8.00. The van der Waals surface area contributed by atoms with Crippen LogP contribution >= 0.6 is 0 Å². The Morgan fingerprint density at radius 3 is 2.45 bits per heavy atom. The Labute approximate surface area is 134 Å². The van der Waals surface area contributed by atoms with Crippen LogP contribution in [0.15, 0.2) is 42.5 Å². The van der Waals surface area contributed by atoms with Gasteiger partial charge < -0.3 is 9.64 Å². The smallest absolute Gasteiger partial charge is 0.120 e. The minimum atomic E-state index is 0.680. The van der Waals surface area contributed by atoms with Crippen molar-refractivity contribution in [3.63, 3.8) is 0 Å². The number of anilines is 2. The fourth-order valence-electron chi connectivity index (χ4n) is 2.66. The third kappa shape index (κ3) is 4.03. The molecule has 2 aromatic carbocycles. The molecule has 0 aliphatic carbocycles. The van der Waals surface area contributed by atoms with E-state index in [-0.39, 0.29) is 0 Å². The summed E-state index contributed by atoms with van der Waals surface area (Å²) in [6.07, 6.45) is 1.16. The Morgan fingerprint density at radius 1 is 1.05 bits per heavy atom. The van der Waals surface area contributed by atoms with Gasteiger partial charge in [0.15, 0.2) is 0 Å². The van der Waals surface area contributed by atoms with E-state index in [0.717, 1.165) is 18.7 Å². The van der Waals surface area contributed by atoms with Crippen molar-refractivity contribution in [3.8, 4) is 5.75 Å². The van der Waals surface area contributed by atoms with E-state index in [0.29, 0.717) is 5.92 Å². The van der Waals surface area contributed by atoms with Crippen LogP contribution < -0.4 is 9.64 Å². The second-order valence-electron chi connectivity index (χ2n) is 6.33.